The predicted octanol–water partition coefficient (Wildman–Crippen LogP) is 2.66. The van der Waals surface area contributed by atoms with E-state index in [2.05, 4.69) is 49.4 Å². The summed E-state index contributed by atoms with van der Waals surface area (Å²) in [6.45, 7) is 4.04. The van der Waals surface area contributed by atoms with Crippen molar-refractivity contribution in [2.45, 2.75) is 20.0 Å². The van der Waals surface area contributed by atoms with E-state index >= 15 is 0 Å². The maximum absolute atomic E-state index is 5.30. The van der Waals surface area contributed by atoms with E-state index in [9.17, 15) is 0 Å². The SMILES string of the molecule is CCNC(=NCc1nc(-c2ccco2)n[nH]1)N(C)Cc1ccccc1. The number of aromatic amines is 1. The minimum Gasteiger partial charge on any atom is -0.461 e. The molecule has 0 amide bonds. The van der Waals surface area contributed by atoms with Gasteiger partial charge in [0.2, 0.25) is 5.82 Å². The van der Waals surface area contributed by atoms with Gasteiger partial charge in [0.1, 0.15) is 12.4 Å². The van der Waals surface area contributed by atoms with Crippen LogP contribution in [0.15, 0.2) is 58.1 Å². The zero-order valence-electron chi connectivity index (χ0n) is 14.4. The third-order valence-electron chi connectivity index (χ3n) is 3.61. The van der Waals surface area contributed by atoms with Gasteiger partial charge in [-0.25, -0.2) is 9.98 Å². The number of hydrogen-bond donors (Lipinski definition) is 2. The number of benzene rings is 1. The van der Waals surface area contributed by atoms with Crippen LogP contribution in [-0.2, 0) is 13.1 Å². The molecule has 3 aromatic rings. The third kappa shape index (κ3) is 4.47. The van der Waals surface area contributed by atoms with Crippen LogP contribution in [0.1, 0.15) is 18.3 Å². The van der Waals surface area contributed by atoms with Crippen molar-refractivity contribution in [2.75, 3.05) is 13.6 Å². The van der Waals surface area contributed by atoms with Crippen LogP contribution in [0.3, 0.4) is 0 Å². The molecular formula is C18H22N6O. The molecule has 7 nitrogen and oxygen atoms in total. The Bertz CT molecular complexity index is 794. The maximum Gasteiger partial charge on any atom is 0.216 e. The highest BCUT2D eigenvalue weighted by atomic mass is 16.3. The highest BCUT2D eigenvalue weighted by Gasteiger charge is 2.10. The molecule has 0 unspecified atom stereocenters. The number of aromatic nitrogens is 3. The van der Waals surface area contributed by atoms with Gasteiger partial charge in [0, 0.05) is 20.1 Å². The molecule has 2 aromatic heterocycles. The van der Waals surface area contributed by atoms with Gasteiger partial charge in [0.05, 0.1) is 6.26 Å². The van der Waals surface area contributed by atoms with E-state index < -0.39 is 0 Å². The Balaban J connectivity index is 1.67. The summed E-state index contributed by atoms with van der Waals surface area (Å²) in [5, 5.41) is 10.4. The molecule has 130 valence electrons. The van der Waals surface area contributed by atoms with Crippen molar-refractivity contribution in [2.24, 2.45) is 4.99 Å². The van der Waals surface area contributed by atoms with Crippen molar-refractivity contribution >= 4 is 5.96 Å². The van der Waals surface area contributed by atoms with Gasteiger partial charge in [0.25, 0.3) is 0 Å². The highest BCUT2D eigenvalue weighted by Crippen LogP contribution is 2.14. The van der Waals surface area contributed by atoms with Crippen molar-refractivity contribution in [1.82, 2.24) is 25.4 Å². The second kappa shape index (κ2) is 8.14. The van der Waals surface area contributed by atoms with Crippen LogP contribution in [0.2, 0.25) is 0 Å². The molecule has 1 aromatic carbocycles. The molecule has 0 fully saturated rings. The second-order valence-corrected chi connectivity index (χ2v) is 5.59. The Morgan fingerprint density at radius 1 is 1.24 bits per heavy atom. The van der Waals surface area contributed by atoms with Crippen LogP contribution in [0.25, 0.3) is 11.6 Å². The lowest BCUT2D eigenvalue weighted by Crippen LogP contribution is -2.38. The van der Waals surface area contributed by atoms with E-state index in [1.165, 1.54) is 5.56 Å². The van der Waals surface area contributed by atoms with Gasteiger partial charge >= 0.3 is 0 Å². The fraction of sp³-hybridized carbons (Fsp3) is 0.278. The first-order chi connectivity index (χ1) is 12.3. The fourth-order valence-electron chi connectivity index (χ4n) is 2.43. The minimum absolute atomic E-state index is 0.412. The Morgan fingerprint density at radius 3 is 2.80 bits per heavy atom. The van der Waals surface area contributed by atoms with Crippen LogP contribution in [-0.4, -0.2) is 39.6 Å². The highest BCUT2D eigenvalue weighted by molar-refractivity contribution is 5.79. The zero-order valence-corrected chi connectivity index (χ0v) is 14.4. The molecular weight excluding hydrogens is 316 g/mol. The summed E-state index contributed by atoms with van der Waals surface area (Å²) in [5.74, 6) is 2.69. The molecule has 0 saturated heterocycles. The number of H-pyrrole nitrogens is 1. The summed E-state index contributed by atoms with van der Waals surface area (Å²) in [6.07, 6.45) is 1.60. The van der Waals surface area contributed by atoms with E-state index in [-0.39, 0.29) is 0 Å². The third-order valence-corrected chi connectivity index (χ3v) is 3.61. The van der Waals surface area contributed by atoms with Crippen molar-refractivity contribution in [1.29, 1.82) is 0 Å². The minimum atomic E-state index is 0.412. The Morgan fingerprint density at radius 2 is 2.08 bits per heavy atom. The monoisotopic (exact) mass is 338 g/mol. The number of hydrogen-bond acceptors (Lipinski definition) is 4. The molecule has 2 heterocycles. The molecule has 0 bridgehead atoms. The van der Waals surface area contributed by atoms with Crippen molar-refractivity contribution in [3.05, 3.63) is 60.1 Å². The van der Waals surface area contributed by atoms with Crippen LogP contribution >= 0.6 is 0 Å². The Hall–Kier alpha value is -3.09. The number of rotatable bonds is 6. The van der Waals surface area contributed by atoms with E-state index in [0.29, 0.717) is 24.0 Å². The number of guanidine groups is 1. The van der Waals surface area contributed by atoms with Gasteiger partial charge < -0.3 is 14.6 Å². The molecule has 0 aliphatic carbocycles. The van der Waals surface area contributed by atoms with Crippen LogP contribution < -0.4 is 5.32 Å². The molecule has 25 heavy (non-hydrogen) atoms. The Kier molecular flexibility index (Phi) is 5.46. The molecule has 0 saturated carbocycles. The summed E-state index contributed by atoms with van der Waals surface area (Å²) in [6, 6.07) is 13.9. The molecule has 0 radical (unpaired) electrons. The van der Waals surface area contributed by atoms with Crippen molar-refractivity contribution in [3.63, 3.8) is 0 Å². The van der Waals surface area contributed by atoms with Gasteiger partial charge in [0.15, 0.2) is 11.7 Å². The molecule has 2 N–H and O–H groups in total. The molecule has 0 atom stereocenters. The maximum atomic E-state index is 5.30. The lowest BCUT2D eigenvalue weighted by Gasteiger charge is -2.22. The first kappa shape index (κ1) is 16.8. The molecule has 0 aliphatic rings. The molecule has 0 spiro atoms. The van der Waals surface area contributed by atoms with Crippen molar-refractivity contribution < 1.29 is 4.42 Å². The average molecular weight is 338 g/mol. The number of aliphatic imine (C=N–C) groups is 1. The van der Waals surface area contributed by atoms with Crippen LogP contribution in [0, 0.1) is 0 Å². The molecule has 0 aliphatic heterocycles. The number of nitrogens with one attached hydrogen (secondary N) is 2. The van der Waals surface area contributed by atoms with Gasteiger partial charge in [-0.3, -0.25) is 5.10 Å². The lowest BCUT2D eigenvalue weighted by molar-refractivity contribution is 0.476. The first-order valence-electron chi connectivity index (χ1n) is 8.24. The smallest absolute Gasteiger partial charge is 0.216 e. The standard InChI is InChI=1S/C18H22N6O/c1-3-19-18(24(2)13-14-8-5-4-6-9-14)20-12-16-21-17(23-22-16)15-10-7-11-25-15/h4-11H,3,12-13H2,1-2H3,(H,19,20)(H,21,22,23). The largest absolute Gasteiger partial charge is 0.461 e. The Labute approximate surface area is 146 Å². The van der Waals surface area contributed by atoms with Gasteiger partial charge in [-0.15, -0.1) is 5.10 Å². The normalized spacial score (nSPS) is 11.5. The summed E-state index contributed by atoms with van der Waals surface area (Å²) in [7, 11) is 2.02. The quantitative estimate of drug-likeness (QED) is 0.533. The summed E-state index contributed by atoms with van der Waals surface area (Å²) in [5.41, 5.74) is 1.23. The van der Waals surface area contributed by atoms with E-state index in [1.54, 1.807) is 6.26 Å². The fourth-order valence-corrected chi connectivity index (χ4v) is 2.43. The molecule has 3 rings (SSSR count). The van der Waals surface area contributed by atoms with Crippen LogP contribution in [0.4, 0.5) is 0 Å². The lowest BCUT2D eigenvalue weighted by atomic mass is 10.2. The van der Waals surface area contributed by atoms with E-state index in [4.69, 9.17) is 4.42 Å². The number of furan rings is 1. The van der Waals surface area contributed by atoms with Gasteiger partial charge in [-0.05, 0) is 24.6 Å². The van der Waals surface area contributed by atoms with E-state index in [1.807, 2.05) is 37.4 Å². The predicted molar refractivity (Wildman–Crippen MR) is 96.8 cm³/mol. The zero-order chi connectivity index (χ0) is 17.5. The summed E-state index contributed by atoms with van der Waals surface area (Å²) < 4.78 is 5.30. The molecule has 7 heteroatoms. The number of nitrogens with zero attached hydrogens (tertiary/aromatic N) is 4. The van der Waals surface area contributed by atoms with Crippen LogP contribution in [0.5, 0.6) is 0 Å². The average Bonchev–Trinajstić information content (AvgIpc) is 3.30. The summed E-state index contributed by atoms with van der Waals surface area (Å²) >= 11 is 0. The van der Waals surface area contributed by atoms with Crippen molar-refractivity contribution in [3.8, 4) is 11.6 Å². The topological polar surface area (TPSA) is 82.3 Å². The second-order valence-electron chi connectivity index (χ2n) is 5.59. The first-order valence-corrected chi connectivity index (χ1v) is 8.24. The van der Waals surface area contributed by atoms with Gasteiger partial charge in [-0.2, -0.15) is 0 Å². The summed E-state index contributed by atoms with van der Waals surface area (Å²) in [4.78, 5) is 11.1. The van der Waals surface area contributed by atoms with E-state index in [0.717, 1.165) is 19.0 Å². The van der Waals surface area contributed by atoms with Gasteiger partial charge in [-0.1, -0.05) is 30.3 Å².